The standard InChI is InChI=1S/C13H26N2O.C9H14ClN3O.C2H6/c1-12(2)7-9-14(3)13-6-4-5-8-15(10-13)11-16;1-5(14)4-7(11)8(12)6(2)9(10)13-3;1-2/h11-13H,4-10H2,1-3H3;4H,11-12H2,1-3H3;1-2H3/b;7-4-,8-6-,13-9?;. The van der Waals surface area contributed by atoms with E-state index in [4.69, 9.17) is 23.1 Å². The third-order valence-electron chi connectivity index (χ3n) is 5.09. The first-order valence-electron chi connectivity index (χ1n) is 11.5. The Kier molecular flexibility index (Phi) is 18.9. The molecule has 1 fully saturated rings. The molecule has 0 aromatic carbocycles. The molecule has 4 N–H and O–H groups in total. The molecule has 1 heterocycles. The molecular formula is C24H46ClN5O2. The average Bonchev–Trinajstić information content (AvgIpc) is 3.03. The van der Waals surface area contributed by atoms with Gasteiger partial charge in [0.05, 0.1) is 11.4 Å². The van der Waals surface area contributed by atoms with Gasteiger partial charge in [-0.2, -0.15) is 0 Å². The summed E-state index contributed by atoms with van der Waals surface area (Å²) in [6.45, 7) is 14.6. The van der Waals surface area contributed by atoms with Crippen molar-refractivity contribution in [2.45, 2.75) is 73.3 Å². The van der Waals surface area contributed by atoms with Gasteiger partial charge in [-0.25, -0.2) is 0 Å². The molecule has 186 valence electrons. The molecule has 0 spiro atoms. The quantitative estimate of drug-likeness (QED) is 0.241. The number of hydrogen-bond acceptors (Lipinski definition) is 6. The molecule has 0 bridgehead atoms. The third kappa shape index (κ3) is 14.2. The minimum Gasteiger partial charge on any atom is -0.397 e. The van der Waals surface area contributed by atoms with Crippen LogP contribution in [-0.2, 0) is 9.59 Å². The van der Waals surface area contributed by atoms with Crippen molar-refractivity contribution in [1.82, 2.24) is 9.80 Å². The summed E-state index contributed by atoms with van der Waals surface area (Å²) >= 11 is 5.74. The molecule has 0 aromatic heterocycles. The maximum Gasteiger partial charge on any atom is 0.209 e. The molecule has 0 saturated carbocycles. The lowest BCUT2D eigenvalue weighted by Crippen LogP contribution is -2.41. The van der Waals surface area contributed by atoms with Crippen LogP contribution in [0.2, 0.25) is 0 Å². The van der Waals surface area contributed by atoms with E-state index in [1.165, 1.54) is 32.3 Å². The SMILES string of the molecule is CC.CC(C)CCN(C)C1CCCCN(C=O)C1.CN=C(Cl)/C(C)=C(N)/C(N)=C/C(C)=O. The van der Waals surface area contributed by atoms with E-state index < -0.39 is 0 Å². The van der Waals surface area contributed by atoms with E-state index in [1.54, 1.807) is 14.0 Å². The first-order valence-corrected chi connectivity index (χ1v) is 11.9. The molecule has 1 aliphatic heterocycles. The summed E-state index contributed by atoms with van der Waals surface area (Å²) in [6.07, 6.45) is 7.15. The molecule has 7 nitrogen and oxygen atoms in total. The maximum atomic E-state index is 10.9. The lowest BCUT2D eigenvalue weighted by molar-refractivity contribution is -0.118. The zero-order valence-corrected chi connectivity index (χ0v) is 22.2. The fraction of sp³-hybridized carbons (Fsp3) is 0.708. The van der Waals surface area contributed by atoms with Crippen molar-refractivity contribution in [3.05, 3.63) is 23.0 Å². The summed E-state index contributed by atoms with van der Waals surface area (Å²) in [7, 11) is 3.74. The molecule has 1 aliphatic rings. The average molecular weight is 472 g/mol. The highest BCUT2D eigenvalue weighted by Crippen LogP contribution is 2.15. The minimum absolute atomic E-state index is 0.164. The van der Waals surface area contributed by atoms with Crippen LogP contribution in [0.3, 0.4) is 0 Å². The van der Waals surface area contributed by atoms with E-state index in [-0.39, 0.29) is 22.3 Å². The number of carbonyl (C=O) groups is 2. The first kappa shape index (κ1) is 32.3. The number of likely N-dealkylation sites (tertiary alicyclic amines) is 1. The van der Waals surface area contributed by atoms with Gasteiger partial charge in [-0.1, -0.05) is 45.7 Å². The number of nitrogens with zero attached hydrogens (tertiary/aromatic N) is 3. The Morgan fingerprint density at radius 1 is 1.25 bits per heavy atom. The second-order valence-corrected chi connectivity index (χ2v) is 8.53. The van der Waals surface area contributed by atoms with Gasteiger partial charge in [0.15, 0.2) is 5.78 Å². The number of amides is 1. The Labute approximate surface area is 200 Å². The monoisotopic (exact) mass is 471 g/mol. The normalized spacial score (nSPS) is 18.1. The van der Waals surface area contributed by atoms with Crippen LogP contribution in [0.4, 0.5) is 0 Å². The Hall–Kier alpha value is -1.86. The number of halogens is 1. The number of likely N-dealkylation sites (N-methyl/N-ethyl adjacent to an activating group) is 1. The highest BCUT2D eigenvalue weighted by atomic mass is 35.5. The molecule has 1 atom stereocenters. The number of allylic oxidation sites excluding steroid dienone is 2. The molecule has 1 unspecified atom stereocenters. The molecule has 0 aromatic rings. The number of ketones is 1. The summed E-state index contributed by atoms with van der Waals surface area (Å²) in [5, 5.41) is 0.280. The van der Waals surface area contributed by atoms with Gasteiger partial charge in [0.2, 0.25) is 6.41 Å². The number of carbonyl (C=O) groups excluding carboxylic acids is 2. The van der Waals surface area contributed by atoms with Crippen molar-refractivity contribution in [2.75, 3.05) is 33.7 Å². The largest absolute Gasteiger partial charge is 0.397 e. The van der Waals surface area contributed by atoms with Gasteiger partial charge in [-0.3, -0.25) is 14.6 Å². The van der Waals surface area contributed by atoms with Crippen LogP contribution in [0.15, 0.2) is 28.0 Å². The highest BCUT2D eigenvalue weighted by molar-refractivity contribution is 6.69. The van der Waals surface area contributed by atoms with E-state index >= 15 is 0 Å². The van der Waals surface area contributed by atoms with Crippen molar-refractivity contribution in [1.29, 1.82) is 0 Å². The van der Waals surface area contributed by atoms with Crippen LogP contribution in [0, 0.1) is 5.92 Å². The van der Waals surface area contributed by atoms with Crippen molar-refractivity contribution in [3.8, 4) is 0 Å². The zero-order valence-electron chi connectivity index (χ0n) is 21.4. The van der Waals surface area contributed by atoms with Crippen LogP contribution < -0.4 is 11.5 Å². The number of nitrogens with two attached hydrogens (primary N) is 2. The third-order valence-corrected chi connectivity index (χ3v) is 5.54. The predicted molar refractivity (Wildman–Crippen MR) is 138 cm³/mol. The van der Waals surface area contributed by atoms with Gasteiger partial charge in [-0.15, -0.1) is 0 Å². The van der Waals surface area contributed by atoms with Gasteiger partial charge >= 0.3 is 0 Å². The molecule has 0 radical (unpaired) electrons. The Balaban J connectivity index is 0. The molecule has 1 saturated heterocycles. The molecule has 32 heavy (non-hydrogen) atoms. The summed E-state index contributed by atoms with van der Waals surface area (Å²) in [5.41, 5.74) is 12.2. The van der Waals surface area contributed by atoms with Gasteiger partial charge < -0.3 is 21.3 Å². The van der Waals surface area contributed by atoms with Crippen LogP contribution >= 0.6 is 11.6 Å². The van der Waals surface area contributed by atoms with E-state index in [2.05, 4.69) is 30.8 Å². The van der Waals surface area contributed by atoms with Gasteiger partial charge in [0, 0.05) is 37.8 Å². The smallest absolute Gasteiger partial charge is 0.209 e. The Morgan fingerprint density at radius 2 is 1.84 bits per heavy atom. The topological polar surface area (TPSA) is 105 Å². The van der Waals surface area contributed by atoms with Crippen LogP contribution in [0.1, 0.15) is 67.2 Å². The van der Waals surface area contributed by atoms with Crippen molar-refractivity contribution in [3.63, 3.8) is 0 Å². The van der Waals surface area contributed by atoms with Crippen molar-refractivity contribution in [2.24, 2.45) is 22.4 Å². The second kappa shape index (κ2) is 18.7. The Bertz CT molecular complexity index is 644. The molecule has 0 aliphatic carbocycles. The summed E-state index contributed by atoms with van der Waals surface area (Å²) in [4.78, 5) is 29.7. The van der Waals surface area contributed by atoms with Crippen LogP contribution in [0.5, 0.6) is 0 Å². The zero-order chi connectivity index (χ0) is 25.3. The minimum atomic E-state index is -0.164. The fourth-order valence-electron chi connectivity index (χ4n) is 3.04. The highest BCUT2D eigenvalue weighted by Gasteiger charge is 2.20. The molecule has 1 rings (SSSR count). The fourth-order valence-corrected chi connectivity index (χ4v) is 3.14. The van der Waals surface area contributed by atoms with E-state index in [0.717, 1.165) is 38.4 Å². The van der Waals surface area contributed by atoms with E-state index in [0.29, 0.717) is 11.6 Å². The predicted octanol–water partition coefficient (Wildman–Crippen LogP) is 3.92. The van der Waals surface area contributed by atoms with E-state index in [1.807, 2.05) is 18.7 Å². The van der Waals surface area contributed by atoms with Gasteiger partial charge in [0.1, 0.15) is 5.17 Å². The lowest BCUT2D eigenvalue weighted by atomic mass is 10.1. The Morgan fingerprint density at radius 3 is 2.31 bits per heavy atom. The number of hydrogen-bond donors (Lipinski definition) is 2. The second-order valence-electron chi connectivity index (χ2n) is 8.18. The van der Waals surface area contributed by atoms with Crippen LogP contribution in [-0.4, -0.2) is 66.9 Å². The first-order chi connectivity index (χ1) is 15.0. The lowest BCUT2D eigenvalue weighted by Gasteiger charge is -2.29. The van der Waals surface area contributed by atoms with Gasteiger partial charge in [-0.05, 0) is 52.6 Å². The van der Waals surface area contributed by atoms with Crippen molar-refractivity contribution >= 4 is 29.0 Å². The number of rotatable bonds is 8. The molecule has 8 heteroatoms. The molecular weight excluding hydrogens is 426 g/mol. The summed E-state index contributed by atoms with van der Waals surface area (Å²) < 4.78 is 0. The molecule has 1 amide bonds. The maximum absolute atomic E-state index is 10.9. The van der Waals surface area contributed by atoms with Crippen LogP contribution in [0.25, 0.3) is 0 Å². The summed E-state index contributed by atoms with van der Waals surface area (Å²) in [6, 6.07) is 0.562. The van der Waals surface area contributed by atoms with E-state index in [9.17, 15) is 9.59 Å². The van der Waals surface area contributed by atoms with Crippen molar-refractivity contribution < 1.29 is 9.59 Å². The number of aliphatic imine (C=N–C) groups is 1. The van der Waals surface area contributed by atoms with Gasteiger partial charge in [0.25, 0.3) is 0 Å². The summed E-state index contributed by atoms with van der Waals surface area (Å²) in [5.74, 6) is 0.596.